The molecule has 1 aliphatic rings. The molecule has 2 aromatic heterocycles. The molecule has 0 radical (unpaired) electrons. The number of carbonyl (C=O) groups is 1. The molecule has 1 aliphatic heterocycles. The number of hydrazine groups is 1. The molecule has 0 aliphatic carbocycles. The number of halogens is 1. The first-order valence-corrected chi connectivity index (χ1v) is 8.16. The highest BCUT2D eigenvalue weighted by Crippen LogP contribution is 2.32. The van der Waals surface area contributed by atoms with Crippen LogP contribution < -0.4 is 5.43 Å². The first-order chi connectivity index (χ1) is 11.7. The molecule has 4 rings (SSSR count). The van der Waals surface area contributed by atoms with E-state index in [1.54, 1.807) is 24.5 Å². The van der Waals surface area contributed by atoms with Crippen molar-refractivity contribution >= 4 is 27.5 Å². The van der Waals surface area contributed by atoms with Crippen molar-refractivity contribution < 1.29 is 13.6 Å². The molecule has 0 bridgehead atoms. The fourth-order valence-electron chi connectivity index (χ4n) is 2.62. The minimum atomic E-state index is -0.351. The van der Waals surface area contributed by atoms with Crippen molar-refractivity contribution in [2.75, 3.05) is 0 Å². The van der Waals surface area contributed by atoms with Gasteiger partial charge in [0, 0.05) is 4.47 Å². The van der Waals surface area contributed by atoms with Gasteiger partial charge in [-0.25, -0.2) is 5.01 Å². The van der Waals surface area contributed by atoms with Gasteiger partial charge >= 0.3 is 5.91 Å². The number of hydrogen-bond acceptors (Lipinski definition) is 4. The van der Waals surface area contributed by atoms with Gasteiger partial charge < -0.3 is 8.83 Å². The second-order valence-electron chi connectivity index (χ2n) is 5.31. The van der Waals surface area contributed by atoms with Gasteiger partial charge in [-0.15, -0.1) is 0 Å². The van der Waals surface area contributed by atoms with Crippen LogP contribution in [0.3, 0.4) is 0 Å². The van der Waals surface area contributed by atoms with Gasteiger partial charge in [0.25, 0.3) is 0 Å². The molecule has 5 nitrogen and oxygen atoms in total. The maximum absolute atomic E-state index is 12.7. The standard InChI is InChI=1S/C18H13BrN2O3/c19-13-7-5-12(6-8-13)14-11-15(16-3-1-9-23-16)21(20-14)18(22)17-4-2-10-24-17/h1-11,15,20H/t15-/m1/s1. The molecule has 1 amide bonds. The van der Waals surface area contributed by atoms with Crippen molar-refractivity contribution in [1.29, 1.82) is 0 Å². The molecule has 24 heavy (non-hydrogen) atoms. The molecular weight excluding hydrogens is 372 g/mol. The summed E-state index contributed by atoms with van der Waals surface area (Å²) in [6.45, 7) is 0. The molecule has 6 heteroatoms. The first-order valence-electron chi connectivity index (χ1n) is 7.37. The van der Waals surface area contributed by atoms with Crippen LogP contribution in [0.1, 0.15) is 27.9 Å². The van der Waals surface area contributed by atoms with E-state index in [4.69, 9.17) is 8.83 Å². The molecule has 3 aromatic rings. The third-order valence-corrected chi connectivity index (χ3v) is 4.31. The Labute approximate surface area is 146 Å². The van der Waals surface area contributed by atoms with E-state index in [1.807, 2.05) is 36.4 Å². The normalized spacial score (nSPS) is 16.8. The summed E-state index contributed by atoms with van der Waals surface area (Å²) in [6, 6.07) is 14.5. The molecule has 1 aromatic carbocycles. The zero-order valence-corrected chi connectivity index (χ0v) is 14.1. The molecule has 120 valence electrons. The number of furan rings is 2. The van der Waals surface area contributed by atoms with Crippen LogP contribution in [-0.2, 0) is 0 Å². The van der Waals surface area contributed by atoms with Gasteiger partial charge in [0.15, 0.2) is 5.76 Å². The van der Waals surface area contributed by atoms with Crippen molar-refractivity contribution in [3.05, 3.63) is 88.7 Å². The number of rotatable bonds is 3. The summed E-state index contributed by atoms with van der Waals surface area (Å²) in [5.74, 6) is 0.684. The lowest BCUT2D eigenvalue weighted by Gasteiger charge is -2.22. The van der Waals surface area contributed by atoms with Crippen molar-refractivity contribution in [1.82, 2.24) is 10.4 Å². The summed E-state index contributed by atoms with van der Waals surface area (Å²) in [6.07, 6.45) is 5.04. The van der Waals surface area contributed by atoms with Gasteiger partial charge in [-0.1, -0.05) is 28.1 Å². The van der Waals surface area contributed by atoms with E-state index < -0.39 is 0 Å². The van der Waals surface area contributed by atoms with E-state index in [2.05, 4.69) is 21.4 Å². The maximum atomic E-state index is 12.7. The third kappa shape index (κ3) is 2.65. The van der Waals surface area contributed by atoms with Crippen LogP contribution in [0.4, 0.5) is 0 Å². The topological polar surface area (TPSA) is 58.6 Å². The van der Waals surface area contributed by atoms with Crippen molar-refractivity contribution in [2.24, 2.45) is 0 Å². The molecule has 3 heterocycles. The van der Waals surface area contributed by atoms with Crippen molar-refractivity contribution in [3.8, 4) is 0 Å². The fraction of sp³-hybridized carbons (Fsp3) is 0.0556. The molecular formula is C18H13BrN2O3. The Morgan fingerprint density at radius 3 is 2.46 bits per heavy atom. The molecule has 0 unspecified atom stereocenters. The lowest BCUT2D eigenvalue weighted by atomic mass is 10.1. The Morgan fingerprint density at radius 2 is 1.79 bits per heavy atom. The molecule has 0 fully saturated rings. The molecule has 0 saturated heterocycles. The van der Waals surface area contributed by atoms with Crippen LogP contribution in [-0.4, -0.2) is 10.9 Å². The quantitative estimate of drug-likeness (QED) is 0.727. The predicted molar refractivity (Wildman–Crippen MR) is 91.6 cm³/mol. The highest BCUT2D eigenvalue weighted by atomic mass is 79.9. The van der Waals surface area contributed by atoms with E-state index in [0.717, 1.165) is 15.7 Å². The number of nitrogens with one attached hydrogen (secondary N) is 1. The highest BCUT2D eigenvalue weighted by molar-refractivity contribution is 9.10. The fourth-order valence-corrected chi connectivity index (χ4v) is 2.89. The lowest BCUT2D eigenvalue weighted by molar-refractivity contribution is 0.0622. The van der Waals surface area contributed by atoms with Gasteiger partial charge in [0.05, 0.1) is 18.2 Å². The molecule has 0 saturated carbocycles. The van der Waals surface area contributed by atoms with E-state index >= 15 is 0 Å². The van der Waals surface area contributed by atoms with Gasteiger partial charge in [-0.05, 0) is 48.0 Å². The van der Waals surface area contributed by atoms with E-state index in [9.17, 15) is 4.79 Å². The highest BCUT2D eigenvalue weighted by Gasteiger charge is 2.34. The van der Waals surface area contributed by atoms with Crippen LogP contribution in [0, 0.1) is 0 Å². The average Bonchev–Trinajstić information content (AvgIpc) is 3.34. The Bertz CT molecular complexity index is 868. The van der Waals surface area contributed by atoms with Crippen molar-refractivity contribution in [2.45, 2.75) is 6.04 Å². The van der Waals surface area contributed by atoms with E-state index in [1.165, 1.54) is 11.3 Å². The van der Waals surface area contributed by atoms with Crippen molar-refractivity contribution in [3.63, 3.8) is 0 Å². The smallest absolute Gasteiger partial charge is 0.308 e. The Morgan fingerprint density at radius 1 is 1.04 bits per heavy atom. The average molecular weight is 385 g/mol. The summed E-state index contributed by atoms with van der Waals surface area (Å²) < 4.78 is 11.7. The van der Waals surface area contributed by atoms with Gasteiger partial charge in [-0.2, -0.15) is 0 Å². The summed E-state index contributed by atoms with van der Waals surface area (Å²) >= 11 is 3.43. The molecule has 1 atom stereocenters. The predicted octanol–water partition coefficient (Wildman–Crippen LogP) is 4.38. The zero-order chi connectivity index (χ0) is 16.5. The number of benzene rings is 1. The monoisotopic (exact) mass is 384 g/mol. The number of carbonyl (C=O) groups excluding carboxylic acids is 1. The minimum Gasteiger partial charge on any atom is -0.467 e. The van der Waals surface area contributed by atoms with Crippen LogP contribution in [0.15, 0.2) is 80.4 Å². The third-order valence-electron chi connectivity index (χ3n) is 3.78. The second-order valence-corrected chi connectivity index (χ2v) is 6.23. The van der Waals surface area contributed by atoms with Crippen LogP contribution >= 0.6 is 15.9 Å². The summed E-state index contributed by atoms with van der Waals surface area (Å²) in [7, 11) is 0. The van der Waals surface area contributed by atoms with Gasteiger partial charge in [0.2, 0.25) is 0 Å². The van der Waals surface area contributed by atoms with Crippen LogP contribution in [0.5, 0.6) is 0 Å². The van der Waals surface area contributed by atoms with Crippen LogP contribution in [0.25, 0.3) is 5.70 Å². The summed E-state index contributed by atoms with van der Waals surface area (Å²) in [4.78, 5) is 12.7. The second kappa shape index (κ2) is 6.05. The van der Waals surface area contributed by atoms with Gasteiger partial charge in [0.1, 0.15) is 11.8 Å². The zero-order valence-electron chi connectivity index (χ0n) is 12.5. The largest absolute Gasteiger partial charge is 0.467 e. The minimum absolute atomic E-state index is 0.259. The lowest BCUT2D eigenvalue weighted by Crippen LogP contribution is -2.39. The Hall–Kier alpha value is -2.73. The number of hydrogen-bond donors (Lipinski definition) is 1. The number of nitrogens with zero attached hydrogens (tertiary/aromatic N) is 1. The van der Waals surface area contributed by atoms with E-state index in [-0.39, 0.29) is 17.7 Å². The SMILES string of the molecule is O=C(c1ccco1)N1NC(c2ccc(Br)cc2)=C[C@@H]1c1ccco1. The first kappa shape index (κ1) is 14.8. The summed E-state index contributed by atoms with van der Waals surface area (Å²) in [5, 5.41) is 1.51. The Balaban J connectivity index is 1.70. The molecule has 0 spiro atoms. The van der Waals surface area contributed by atoms with E-state index in [0.29, 0.717) is 5.76 Å². The van der Waals surface area contributed by atoms with Crippen LogP contribution in [0.2, 0.25) is 0 Å². The maximum Gasteiger partial charge on any atom is 0.308 e. The number of amides is 1. The summed E-state index contributed by atoms with van der Waals surface area (Å²) in [5.41, 5.74) is 4.98. The Kier molecular flexibility index (Phi) is 3.74. The molecule has 1 N–H and O–H groups in total. The van der Waals surface area contributed by atoms with Gasteiger partial charge in [-0.3, -0.25) is 10.2 Å².